The predicted octanol–water partition coefficient (Wildman–Crippen LogP) is 1.29. The van der Waals surface area contributed by atoms with Crippen LogP contribution in [0.1, 0.15) is 75.2 Å². The van der Waals surface area contributed by atoms with Gasteiger partial charge in [0.15, 0.2) is 17.8 Å². The van der Waals surface area contributed by atoms with E-state index in [4.69, 9.17) is 28.4 Å². The van der Waals surface area contributed by atoms with Crippen molar-refractivity contribution >= 4 is 29.8 Å². The van der Waals surface area contributed by atoms with Crippen LogP contribution in [0.15, 0.2) is 11.1 Å². The van der Waals surface area contributed by atoms with Crippen LogP contribution < -0.4 is 0 Å². The van der Waals surface area contributed by atoms with E-state index < -0.39 is 94.4 Å². The highest BCUT2D eigenvalue weighted by Crippen LogP contribution is 2.68. The molecule has 0 aromatic heterocycles. The largest absolute Gasteiger partial charge is 0.462 e. The Morgan fingerprint density at radius 1 is 0.860 bits per heavy atom. The van der Waals surface area contributed by atoms with Gasteiger partial charge in [0, 0.05) is 41.0 Å². The van der Waals surface area contributed by atoms with Crippen molar-refractivity contribution in [1.82, 2.24) is 0 Å². The van der Waals surface area contributed by atoms with Gasteiger partial charge in [-0.25, -0.2) is 0 Å². The highest BCUT2D eigenvalue weighted by molar-refractivity contribution is 5.70. The Balaban J connectivity index is 2.23. The molecule has 2 N–H and O–H groups in total. The molecular weight excluding hydrogens is 568 g/mol. The minimum atomic E-state index is -1.79. The van der Waals surface area contributed by atoms with Crippen molar-refractivity contribution in [2.24, 2.45) is 16.7 Å². The molecule has 3 aliphatic carbocycles. The van der Waals surface area contributed by atoms with Crippen LogP contribution in [0.2, 0.25) is 0 Å². The SMILES string of the molecule is CC(=O)O[C@@H]1C2=C(C)C(O)C[C@@]2(C(C)(C)O)[C@@H](OC(C)=O)[C@@H]2[C@]3(OC(C)=O)CO[C@@H]3C[C@H](OC(C)=O)[C@@]2(C)[C@H]1OC(C)=O. The van der Waals surface area contributed by atoms with Crippen LogP contribution in [0.4, 0.5) is 0 Å². The van der Waals surface area contributed by atoms with E-state index in [0.29, 0.717) is 5.57 Å². The second-order valence-electron chi connectivity index (χ2n) is 13.0. The van der Waals surface area contributed by atoms with Crippen molar-refractivity contribution in [2.45, 2.75) is 123 Å². The first-order chi connectivity index (χ1) is 19.7. The predicted molar refractivity (Wildman–Crippen MR) is 145 cm³/mol. The molecule has 240 valence electrons. The standard InChI is InChI=1S/C30H42O13/c1-13-19(36)11-29(27(7,8)37)22(13)23(40-15(3)32)25(41-16(4)33)28(9)20(39-14(2)31)10-21-30(12-38-21,43-18(6)35)24(28)26(29)42-17(5)34/h19-21,23-26,36-37H,10-12H2,1-9H3/t19?,20-,21+,23+,24-,25-,26-,28+,29-,30-/m0/s1. The lowest BCUT2D eigenvalue weighted by Crippen LogP contribution is -2.79. The summed E-state index contributed by atoms with van der Waals surface area (Å²) in [5.74, 6) is -4.83. The van der Waals surface area contributed by atoms with Crippen molar-refractivity contribution in [2.75, 3.05) is 6.61 Å². The molecule has 43 heavy (non-hydrogen) atoms. The summed E-state index contributed by atoms with van der Waals surface area (Å²) < 4.78 is 35.9. The van der Waals surface area contributed by atoms with Gasteiger partial charge in [0.25, 0.3) is 0 Å². The lowest BCUT2D eigenvalue weighted by Gasteiger charge is -2.65. The molecule has 4 rings (SSSR count). The molecule has 1 unspecified atom stereocenters. The number of hydrogen-bond donors (Lipinski definition) is 2. The van der Waals surface area contributed by atoms with Crippen molar-refractivity contribution < 1.29 is 62.6 Å². The van der Waals surface area contributed by atoms with Gasteiger partial charge in [0.2, 0.25) is 0 Å². The number of rotatable bonds is 6. The van der Waals surface area contributed by atoms with E-state index in [1.807, 2.05) is 0 Å². The molecule has 13 nitrogen and oxygen atoms in total. The lowest BCUT2D eigenvalue weighted by molar-refractivity contribution is -0.353. The topological polar surface area (TPSA) is 181 Å². The smallest absolute Gasteiger partial charge is 0.303 e. The van der Waals surface area contributed by atoms with Crippen LogP contribution in [0.5, 0.6) is 0 Å². The zero-order valence-corrected chi connectivity index (χ0v) is 26.0. The fraction of sp³-hybridized carbons (Fsp3) is 0.767. The van der Waals surface area contributed by atoms with E-state index >= 15 is 0 Å². The third-order valence-corrected chi connectivity index (χ3v) is 9.87. The van der Waals surface area contributed by atoms with Crippen LogP contribution in [-0.2, 0) is 52.4 Å². The summed E-state index contributed by atoms with van der Waals surface area (Å²) in [5, 5.41) is 23.4. The van der Waals surface area contributed by atoms with Gasteiger partial charge >= 0.3 is 29.8 Å². The minimum absolute atomic E-state index is 0.00657. The number of aliphatic hydroxyl groups excluding tert-OH is 1. The summed E-state index contributed by atoms with van der Waals surface area (Å²) in [4.78, 5) is 63.7. The van der Waals surface area contributed by atoms with Crippen molar-refractivity contribution in [3.63, 3.8) is 0 Å². The summed E-state index contributed by atoms with van der Waals surface area (Å²) in [7, 11) is 0. The monoisotopic (exact) mass is 610 g/mol. The van der Waals surface area contributed by atoms with E-state index in [9.17, 15) is 34.2 Å². The molecule has 10 atom stereocenters. The normalized spacial score (nSPS) is 40.0. The maximum atomic E-state index is 13.0. The van der Waals surface area contributed by atoms with Crippen molar-refractivity contribution in [1.29, 1.82) is 0 Å². The summed E-state index contributed by atoms with van der Waals surface area (Å²) in [6.07, 6.45) is -7.62. The molecule has 1 saturated heterocycles. The molecule has 3 fully saturated rings. The number of ether oxygens (including phenoxy) is 6. The molecule has 1 heterocycles. The van der Waals surface area contributed by atoms with E-state index in [-0.39, 0.29) is 25.0 Å². The third-order valence-electron chi connectivity index (χ3n) is 9.87. The van der Waals surface area contributed by atoms with Gasteiger partial charge in [-0.3, -0.25) is 24.0 Å². The number of fused-ring (bicyclic) bond motifs is 4. The molecule has 0 radical (unpaired) electrons. The molecule has 0 spiro atoms. The highest BCUT2D eigenvalue weighted by Gasteiger charge is 2.80. The van der Waals surface area contributed by atoms with Gasteiger partial charge in [-0.2, -0.15) is 0 Å². The van der Waals surface area contributed by atoms with Gasteiger partial charge < -0.3 is 38.6 Å². The Labute approximate surface area is 250 Å². The second-order valence-corrected chi connectivity index (χ2v) is 13.0. The fourth-order valence-electron chi connectivity index (χ4n) is 8.39. The molecular formula is C30H42O13. The highest BCUT2D eigenvalue weighted by atomic mass is 16.6. The number of esters is 5. The average molecular weight is 611 g/mol. The third kappa shape index (κ3) is 4.93. The summed E-state index contributed by atoms with van der Waals surface area (Å²) in [6, 6.07) is 0. The molecule has 1 aliphatic heterocycles. The van der Waals surface area contributed by atoms with Gasteiger partial charge in [-0.15, -0.1) is 0 Å². The Morgan fingerprint density at radius 3 is 1.84 bits per heavy atom. The van der Waals surface area contributed by atoms with Crippen LogP contribution >= 0.6 is 0 Å². The molecule has 13 heteroatoms. The van der Waals surface area contributed by atoms with Crippen molar-refractivity contribution in [3.8, 4) is 0 Å². The van der Waals surface area contributed by atoms with E-state index in [1.54, 1.807) is 13.8 Å². The average Bonchev–Trinajstić information content (AvgIpc) is 3.07. The first kappa shape index (κ1) is 32.9. The molecule has 0 aromatic carbocycles. The number of carbonyl (C=O) groups excluding carboxylic acids is 5. The van der Waals surface area contributed by atoms with Gasteiger partial charge in [-0.1, -0.05) is 6.92 Å². The minimum Gasteiger partial charge on any atom is -0.462 e. The first-order valence-electron chi connectivity index (χ1n) is 14.4. The summed E-state index contributed by atoms with van der Waals surface area (Å²) in [5.41, 5.74) is -6.07. The van der Waals surface area contributed by atoms with E-state index in [1.165, 1.54) is 34.6 Å². The Bertz CT molecular complexity index is 1250. The maximum absolute atomic E-state index is 13.0. The zero-order chi connectivity index (χ0) is 32.4. The molecule has 4 aliphatic rings. The zero-order valence-electron chi connectivity index (χ0n) is 26.0. The summed E-state index contributed by atoms with van der Waals surface area (Å²) in [6.45, 7) is 11.9. The summed E-state index contributed by atoms with van der Waals surface area (Å²) >= 11 is 0. The van der Waals surface area contributed by atoms with Gasteiger partial charge in [0.1, 0.15) is 18.3 Å². The van der Waals surface area contributed by atoms with E-state index in [0.717, 1.165) is 13.8 Å². The maximum Gasteiger partial charge on any atom is 0.303 e. The van der Waals surface area contributed by atoms with Gasteiger partial charge in [-0.05, 0) is 38.3 Å². The molecule has 0 aromatic rings. The molecule has 2 saturated carbocycles. The Kier molecular flexibility index (Phi) is 8.29. The lowest BCUT2D eigenvalue weighted by atomic mass is 9.49. The number of carbonyl (C=O) groups is 5. The molecule has 0 amide bonds. The number of hydrogen-bond acceptors (Lipinski definition) is 13. The van der Waals surface area contributed by atoms with Crippen LogP contribution in [0.3, 0.4) is 0 Å². The van der Waals surface area contributed by atoms with Crippen LogP contribution in [0.25, 0.3) is 0 Å². The quantitative estimate of drug-likeness (QED) is 0.250. The Hall–Kier alpha value is -3.03. The van der Waals surface area contributed by atoms with Gasteiger partial charge in [0.05, 0.1) is 35.1 Å². The van der Waals surface area contributed by atoms with E-state index in [2.05, 4.69) is 0 Å². The van der Waals surface area contributed by atoms with Crippen LogP contribution in [0, 0.1) is 16.7 Å². The fourth-order valence-corrected chi connectivity index (χ4v) is 8.39. The van der Waals surface area contributed by atoms with Crippen LogP contribution in [-0.4, -0.2) is 94.5 Å². The first-order valence-corrected chi connectivity index (χ1v) is 14.4. The van der Waals surface area contributed by atoms with Crippen molar-refractivity contribution in [3.05, 3.63) is 11.1 Å². The second kappa shape index (κ2) is 10.8. The number of aliphatic hydroxyl groups is 2. The molecule has 0 bridgehead atoms. The Morgan fingerprint density at radius 2 is 1.40 bits per heavy atom.